The highest BCUT2D eigenvalue weighted by Crippen LogP contribution is 2.40. The van der Waals surface area contributed by atoms with E-state index >= 15 is 0 Å². The van der Waals surface area contributed by atoms with Crippen molar-refractivity contribution in [1.82, 2.24) is 9.88 Å². The number of amides is 1. The fourth-order valence-electron chi connectivity index (χ4n) is 3.68. The molecule has 6 nitrogen and oxygen atoms in total. The molecule has 0 bridgehead atoms. The molecule has 1 N–H and O–H groups in total. The number of halogens is 1. The van der Waals surface area contributed by atoms with Gasteiger partial charge in [0.2, 0.25) is 0 Å². The number of nitrogens with zero attached hydrogens (tertiary/aromatic N) is 2. The van der Waals surface area contributed by atoms with Crippen molar-refractivity contribution in [3.05, 3.63) is 100 Å². The maximum Gasteiger partial charge on any atom is 0.295 e. The van der Waals surface area contributed by atoms with Gasteiger partial charge in [0.15, 0.2) is 0 Å². The highest BCUT2D eigenvalue weighted by molar-refractivity contribution is 6.46. The van der Waals surface area contributed by atoms with E-state index in [-0.39, 0.29) is 22.9 Å². The average Bonchev–Trinajstić information content (AvgIpc) is 3.04. The lowest BCUT2D eigenvalue weighted by Crippen LogP contribution is -2.29. The summed E-state index contributed by atoms with van der Waals surface area (Å²) in [6, 6.07) is 16.7. The Hall–Kier alpha value is -3.64. The van der Waals surface area contributed by atoms with Crippen molar-refractivity contribution < 1.29 is 19.4 Å². The van der Waals surface area contributed by atoms with E-state index in [0.717, 1.165) is 11.1 Å². The van der Waals surface area contributed by atoms with Crippen LogP contribution >= 0.6 is 11.6 Å². The van der Waals surface area contributed by atoms with E-state index in [1.165, 1.54) is 18.1 Å². The fourth-order valence-corrected chi connectivity index (χ4v) is 3.94. The van der Waals surface area contributed by atoms with Gasteiger partial charge in [-0.05, 0) is 41.5 Å². The summed E-state index contributed by atoms with van der Waals surface area (Å²) in [5, 5.41) is 11.4. The van der Waals surface area contributed by atoms with Gasteiger partial charge in [0.1, 0.15) is 11.5 Å². The number of methoxy groups -OCH3 is 1. The summed E-state index contributed by atoms with van der Waals surface area (Å²) in [6.07, 6.45) is 3.26. The van der Waals surface area contributed by atoms with E-state index in [0.29, 0.717) is 11.3 Å². The number of pyridine rings is 1. The molecular formula is C24H19ClN2O4. The largest absolute Gasteiger partial charge is 0.507 e. The van der Waals surface area contributed by atoms with Gasteiger partial charge in [-0.15, -0.1) is 0 Å². The number of hydrogen-bond acceptors (Lipinski definition) is 5. The number of likely N-dealkylation sites (tertiary alicyclic amines) is 1. The quantitative estimate of drug-likeness (QED) is 0.366. The van der Waals surface area contributed by atoms with Crippen LogP contribution in [-0.4, -0.2) is 33.8 Å². The Morgan fingerprint density at radius 1 is 1.10 bits per heavy atom. The number of Topliss-reactive ketones (excluding diaryl/α,β-unsaturated/α-hetero) is 1. The molecule has 0 saturated carbocycles. The Bertz CT molecular complexity index is 1160. The Kier molecular flexibility index (Phi) is 5.73. The second-order valence-electron chi connectivity index (χ2n) is 7.04. The van der Waals surface area contributed by atoms with Crippen molar-refractivity contribution >= 4 is 29.1 Å². The number of benzene rings is 2. The molecule has 0 spiro atoms. The van der Waals surface area contributed by atoms with E-state index < -0.39 is 17.7 Å². The summed E-state index contributed by atoms with van der Waals surface area (Å²) < 4.78 is 5.15. The van der Waals surface area contributed by atoms with Crippen molar-refractivity contribution in [1.29, 1.82) is 0 Å². The zero-order valence-electron chi connectivity index (χ0n) is 16.7. The minimum atomic E-state index is -0.743. The van der Waals surface area contributed by atoms with Gasteiger partial charge in [0.25, 0.3) is 11.7 Å². The molecule has 1 aliphatic heterocycles. The summed E-state index contributed by atoms with van der Waals surface area (Å²) in [7, 11) is 1.49. The molecule has 1 aliphatic rings. The standard InChI is InChI=1S/C24H19ClN2O4/c1-31-19-8-7-17(13-18(19)25)22(28)20-21(16-5-3-2-4-6-16)27(24(30)23(20)29)14-15-9-11-26-12-10-15/h2-13,21,28H,14H2,1H3/b22-20-. The first-order valence-corrected chi connectivity index (χ1v) is 9.95. The Morgan fingerprint density at radius 2 is 1.81 bits per heavy atom. The number of hydrogen-bond donors (Lipinski definition) is 1. The predicted octanol–water partition coefficient (Wildman–Crippen LogP) is 4.37. The smallest absolute Gasteiger partial charge is 0.295 e. The third-order valence-electron chi connectivity index (χ3n) is 5.18. The van der Waals surface area contributed by atoms with Gasteiger partial charge in [0, 0.05) is 24.5 Å². The summed E-state index contributed by atoms with van der Waals surface area (Å²) in [6.45, 7) is 0.201. The molecular weight excluding hydrogens is 416 g/mol. The van der Waals surface area contributed by atoms with Gasteiger partial charge in [-0.2, -0.15) is 0 Å². The normalized spacial score (nSPS) is 17.7. The maximum absolute atomic E-state index is 13.0. The number of aliphatic hydroxyl groups is 1. The van der Waals surface area contributed by atoms with Crippen LogP contribution in [-0.2, 0) is 16.1 Å². The predicted molar refractivity (Wildman–Crippen MR) is 117 cm³/mol. The molecule has 31 heavy (non-hydrogen) atoms. The molecule has 156 valence electrons. The van der Waals surface area contributed by atoms with Crippen LogP contribution in [0.2, 0.25) is 5.02 Å². The highest BCUT2D eigenvalue weighted by Gasteiger charge is 2.46. The number of carbonyl (C=O) groups is 2. The summed E-state index contributed by atoms with van der Waals surface area (Å²) in [5.74, 6) is -1.26. The fraction of sp³-hybridized carbons (Fsp3) is 0.125. The monoisotopic (exact) mass is 434 g/mol. The van der Waals surface area contributed by atoms with Crippen molar-refractivity contribution in [3.63, 3.8) is 0 Å². The number of carbonyl (C=O) groups excluding carboxylic acids is 2. The Morgan fingerprint density at radius 3 is 2.45 bits per heavy atom. The number of ether oxygens (including phenoxy) is 1. The number of ketones is 1. The summed E-state index contributed by atoms with van der Waals surface area (Å²) in [4.78, 5) is 31.5. The van der Waals surface area contributed by atoms with Crippen LogP contribution in [0.3, 0.4) is 0 Å². The first-order valence-electron chi connectivity index (χ1n) is 9.57. The maximum atomic E-state index is 13.0. The van der Waals surface area contributed by atoms with E-state index in [4.69, 9.17) is 16.3 Å². The molecule has 7 heteroatoms. The molecule has 2 heterocycles. The third kappa shape index (κ3) is 3.90. The molecule has 2 aromatic carbocycles. The molecule has 0 radical (unpaired) electrons. The van der Waals surface area contributed by atoms with Crippen LogP contribution in [0.4, 0.5) is 0 Å². The van der Waals surface area contributed by atoms with E-state index in [1.54, 1.807) is 36.7 Å². The first-order chi connectivity index (χ1) is 15.0. The SMILES string of the molecule is COc1ccc(/C(O)=C2/C(=O)C(=O)N(Cc3ccncc3)C2c2ccccc2)cc1Cl. The Balaban J connectivity index is 1.85. The number of rotatable bonds is 5. The van der Waals surface area contributed by atoms with Crippen molar-refractivity contribution in [2.24, 2.45) is 0 Å². The average molecular weight is 435 g/mol. The molecule has 0 aliphatic carbocycles. The second kappa shape index (κ2) is 8.62. The molecule has 1 amide bonds. The zero-order valence-corrected chi connectivity index (χ0v) is 17.4. The molecule has 1 aromatic heterocycles. The summed E-state index contributed by atoms with van der Waals surface area (Å²) >= 11 is 6.21. The minimum absolute atomic E-state index is 0.0199. The second-order valence-corrected chi connectivity index (χ2v) is 7.45. The van der Waals surface area contributed by atoms with Crippen LogP contribution in [0.5, 0.6) is 5.75 Å². The molecule has 4 rings (SSSR count). The highest BCUT2D eigenvalue weighted by atomic mass is 35.5. The van der Waals surface area contributed by atoms with Gasteiger partial charge < -0.3 is 14.7 Å². The van der Waals surface area contributed by atoms with Crippen LogP contribution in [0.1, 0.15) is 22.7 Å². The van der Waals surface area contributed by atoms with Gasteiger partial charge in [-0.1, -0.05) is 41.9 Å². The molecule has 1 saturated heterocycles. The van der Waals surface area contributed by atoms with Crippen LogP contribution in [0.25, 0.3) is 5.76 Å². The summed E-state index contributed by atoms with van der Waals surface area (Å²) in [5.41, 5.74) is 1.89. The minimum Gasteiger partial charge on any atom is -0.507 e. The van der Waals surface area contributed by atoms with Crippen molar-refractivity contribution in [3.8, 4) is 5.75 Å². The topological polar surface area (TPSA) is 79.7 Å². The molecule has 3 aromatic rings. The van der Waals surface area contributed by atoms with Gasteiger partial charge in [-0.3, -0.25) is 14.6 Å². The van der Waals surface area contributed by atoms with Crippen LogP contribution in [0, 0.1) is 0 Å². The van der Waals surface area contributed by atoms with E-state index in [9.17, 15) is 14.7 Å². The lowest BCUT2D eigenvalue weighted by Gasteiger charge is -2.25. The molecule has 1 atom stereocenters. The van der Waals surface area contributed by atoms with Crippen LogP contribution < -0.4 is 4.74 Å². The van der Waals surface area contributed by atoms with Crippen molar-refractivity contribution in [2.75, 3.05) is 7.11 Å². The Labute approximate surface area is 184 Å². The molecule has 1 unspecified atom stereocenters. The van der Waals surface area contributed by atoms with Gasteiger partial charge in [0.05, 0.1) is 23.7 Å². The van der Waals surface area contributed by atoms with Gasteiger partial charge in [-0.25, -0.2) is 0 Å². The van der Waals surface area contributed by atoms with Crippen molar-refractivity contribution in [2.45, 2.75) is 12.6 Å². The zero-order chi connectivity index (χ0) is 22.0. The lowest BCUT2D eigenvalue weighted by molar-refractivity contribution is -0.140. The van der Waals surface area contributed by atoms with E-state index in [1.807, 2.05) is 30.3 Å². The lowest BCUT2D eigenvalue weighted by atomic mass is 9.95. The van der Waals surface area contributed by atoms with Crippen LogP contribution in [0.15, 0.2) is 78.6 Å². The first kappa shape index (κ1) is 20.6. The third-order valence-corrected chi connectivity index (χ3v) is 5.48. The molecule has 1 fully saturated rings. The number of aliphatic hydroxyl groups excluding tert-OH is 1. The van der Waals surface area contributed by atoms with Gasteiger partial charge >= 0.3 is 0 Å². The number of aromatic nitrogens is 1. The van der Waals surface area contributed by atoms with E-state index in [2.05, 4.69) is 4.98 Å².